The van der Waals surface area contributed by atoms with E-state index >= 15 is 0 Å². The number of hydrogen-bond donors (Lipinski definition) is 1. The number of methoxy groups -OCH3 is 1. The van der Waals surface area contributed by atoms with Gasteiger partial charge in [-0.1, -0.05) is 18.2 Å². The Balaban J connectivity index is 2.04. The number of anilines is 1. The third-order valence-corrected chi connectivity index (χ3v) is 3.58. The summed E-state index contributed by atoms with van der Waals surface area (Å²) in [6.07, 6.45) is 2.61. The van der Waals surface area contributed by atoms with Gasteiger partial charge in [0.25, 0.3) is 0 Å². The predicted molar refractivity (Wildman–Crippen MR) is 74.1 cm³/mol. The number of benzene rings is 1. The first-order valence-corrected chi connectivity index (χ1v) is 6.81. The zero-order valence-corrected chi connectivity index (χ0v) is 11.3. The van der Waals surface area contributed by atoms with E-state index in [4.69, 9.17) is 0 Å². The van der Waals surface area contributed by atoms with Crippen LogP contribution in [0.15, 0.2) is 24.3 Å². The fourth-order valence-electron chi connectivity index (χ4n) is 2.56. The summed E-state index contributed by atoms with van der Waals surface area (Å²) in [6, 6.07) is 7.98. The van der Waals surface area contributed by atoms with Crippen LogP contribution in [-0.4, -0.2) is 31.3 Å². The van der Waals surface area contributed by atoms with Crippen LogP contribution >= 0.6 is 0 Å². The smallest absolute Gasteiger partial charge is 0.305 e. The highest BCUT2D eigenvalue weighted by molar-refractivity contribution is 5.69. The van der Waals surface area contributed by atoms with E-state index in [1.54, 1.807) is 0 Å². The van der Waals surface area contributed by atoms with Gasteiger partial charge in [-0.25, -0.2) is 0 Å². The summed E-state index contributed by atoms with van der Waals surface area (Å²) < 4.78 is 4.65. The van der Waals surface area contributed by atoms with E-state index < -0.39 is 0 Å². The molecule has 1 aliphatic heterocycles. The van der Waals surface area contributed by atoms with Gasteiger partial charge < -0.3 is 14.7 Å². The zero-order chi connectivity index (χ0) is 13.7. The Labute approximate surface area is 114 Å². The van der Waals surface area contributed by atoms with Crippen LogP contribution in [0, 0.1) is 0 Å². The molecule has 2 rings (SSSR count). The van der Waals surface area contributed by atoms with E-state index in [1.165, 1.54) is 7.11 Å². The van der Waals surface area contributed by atoms with Gasteiger partial charge in [0.15, 0.2) is 0 Å². The van der Waals surface area contributed by atoms with Gasteiger partial charge in [-0.3, -0.25) is 4.79 Å². The molecule has 0 spiro atoms. The Morgan fingerprint density at radius 2 is 2.26 bits per heavy atom. The van der Waals surface area contributed by atoms with Crippen molar-refractivity contribution in [3.8, 4) is 0 Å². The minimum Gasteiger partial charge on any atom is -0.469 e. The molecule has 0 aromatic heterocycles. The average molecular weight is 263 g/mol. The highest BCUT2D eigenvalue weighted by Crippen LogP contribution is 2.32. The van der Waals surface area contributed by atoms with Gasteiger partial charge in [-0.2, -0.15) is 0 Å². The molecule has 19 heavy (non-hydrogen) atoms. The number of carbonyl (C=O) groups excluding carboxylic acids is 1. The molecule has 0 amide bonds. The lowest BCUT2D eigenvalue weighted by Gasteiger charge is -2.25. The number of esters is 1. The Hall–Kier alpha value is -1.55. The van der Waals surface area contributed by atoms with Crippen LogP contribution in [0.5, 0.6) is 0 Å². The van der Waals surface area contributed by atoms with Crippen molar-refractivity contribution in [2.24, 2.45) is 0 Å². The maximum Gasteiger partial charge on any atom is 0.305 e. The minimum absolute atomic E-state index is 0.164. The van der Waals surface area contributed by atoms with Gasteiger partial charge in [0.05, 0.1) is 13.2 Å². The van der Waals surface area contributed by atoms with Crippen LogP contribution in [0.3, 0.4) is 0 Å². The van der Waals surface area contributed by atoms with Gasteiger partial charge in [0.2, 0.25) is 0 Å². The molecular weight excluding hydrogens is 242 g/mol. The lowest BCUT2D eigenvalue weighted by molar-refractivity contribution is -0.140. The molecule has 0 aliphatic carbocycles. The van der Waals surface area contributed by atoms with Crippen LogP contribution in [-0.2, 0) is 9.53 Å². The second-order valence-corrected chi connectivity index (χ2v) is 4.88. The number of aliphatic hydroxyl groups is 1. The summed E-state index contributed by atoms with van der Waals surface area (Å²) in [5.74, 6) is -0.164. The second kappa shape index (κ2) is 6.57. The van der Waals surface area contributed by atoms with Crippen LogP contribution in [0.1, 0.15) is 37.4 Å². The Morgan fingerprint density at radius 1 is 1.47 bits per heavy atom. The summed E-state index contributed by atoms with van der Waals surface area (Å²) in [4.78, 5) is 13.4. The van der Waals surface area contributed by atoms with Crippen molar-refractivity contribution < 1.29 is 14.6 Å². The first-order valence-electron chi connectivity index (χ1n) is 6.81. The molecule has 1 N–H and O–H groups in total. The maximum atomic E-state index is 11.1. The quantitative estimate of drug-likeness (QED) is 0.847. The molecule has 0 saturated heterocycles. The van der Waals surface area contributed by atoms with Gasteiger partial charge in [0.1, 0.15) is 0 Å². The van der Waals surface area contributed by atoms with E-state index in [0.29, 0.717) is 6.42 Å². The largest absolute Gasteiger partial charge is 0.469 e. The van der Waals surface area contributed by atoms with Gasteiger partial charge in [-0.05, 0) is 25.3 Å². The highest BCUT2D eigenvalue weighted by atomic mass is 16.5. The molecule has 1 unspecified atom stereocenters. The fraction of sp³-hybridized carbons (Fsp3) is 0.533. The normalized spacial score (nSPS) is 18.6. The summed E-state index contributed by atoms with van der Waals surface area (Å²) in [6.45, 7) is 1.74. The maximum absolute atomic E-state index is 11.1. The summed E-state index contributed by atoms with van der Waals surface area (Å²) in [5, 5.41) is 10.1. The third-order valence-electron chi connectivity index (χ3n) is 3.58. The molecule has 4 heteroatoms. The molecule has 4 nitrogen and oxygen atoms in total. The Morgan fingerprint density at radius 3 is 3.05 bits per heavy atom. The van der Waals surface area contributed by atoms with Crippen LogP contribution in [0.4, 0.5) is 5.69 Å². The van der Waals surface area contributed by atoms with Gasteiger partial charge >= 0.3 is 5.97 Å². The SMILES string of the molecule is COC(=O)CCCN1CCCC(O)c2ccccc21. The third kappa shape index (κ3) is 3.47. The molecule has 1 heterocycles. The molecule has 1 atom stereocenters. The predicted octanol–water partition coefficient (Wildman–Crippen LogP) is 2.27. The molecule has 0 radical (unpaired) electrons. The summed E-state index contributed by atoms with van der Waals surface area (Å²) >= 11 is 0. The van der Waals surface area contributed by atoms with Crippen molar-refractivity contribution in [3.05, 3.63) is 29.8 Å². The number of fused-ring (bicyclic) bond motifs is 1. The molecule has 0 saturated carbocycles. The van der Waals surface area contributed by atoms with Crippen LogP contribution in [0.2, 0.25) is 0 Å². The molecule has 104 valence electrons. The van der Waals surface area contributed by atoms with E-state index in [2.05, 4.69) is 9.64 Å². The van der Waals surface area contributed by atoms with E-state index in [1.807, 2.05) is 24.3 Å². The van der Waals surface area contributed by atoms with Crippen molar-refractivity contribution in [2.75, 3.05) is 25.1 Å². The summed E-state index contributed by atoms with van der Waals surface area (Å²) in [7, 11) is 1.42. The number of aliphatic hydroxyl groups excluding tert-OH is 1. The molecule has 0 bridgehead atoms. The molecule has 1 aliphatic rings. The molecular formula is C15H21NO3. The van der Waals surface area contributed by atoms with Gasteiger partial charge in [0, 0.05) is 30.8 Å². The Kier molecular flexibility index (Phi) is 4.80. The lowest BCUT2D eigenvalue weighted by atomic mass is 10.0. The zero-order valence-electron chi connectivity index (χ0n) is 11.3. The monoisotopic (exact) mass is 263 g/mol. The number of ether oxygens (including phenoxy) is 1. The first kappa shape index (κ1) is 13.9. The van der Waals surface area contributed by atoms with E-state index in [9.17, 15) is 9.90 Å². The van der Waals surface area contributed by atoms with E-state index in [0.717, 1.165) is 43.6 Å². The number of hydrogen-bond acceptors (Lipinski definition) is 4. The molecule has 1 aromatic carbocycles. The topological polar surface area (TPSA) is 49.8 Å². The molecule has 1 aromatic rings. The highest BCUT2D eigenvalue weighted by Gasteiger charge is 2.20. The van der Waals surface area contributed by atoms with Crippen LogP contribution in [0.25, 0.3) is 0 Å². The average Bonchev–Trinajstić information content (AvgIpc) is 2.59. The summed E-state index contributed by atoms with van der Waals surface area (Å²) in [5.41, 5.74) is 2.09. The van der Waals surface area contributed by atoms with Crippen molar-refractivity contribution in [1.82, 2.24) is 0 Å². The number of rotatable bonds is 4. The Bertz CT molecular complexity index is 433. The second-order valence-electron chi connectivity index (χ2n) is 4.88. The first-order chi connectivity index (χ1) is 9.22. The van der Waals surface area contributed by atoms with Crippen molar-refractivity contribution in [3.63, 3.8) is 0 Å². The van der Waals surface area contributed by atoms with Crippen LogP contribution < -0.4 is 4.90 Å². The van der Waals surface area contributed by atoms with Gasteiger partial charge in [-0.15, -0.1) is 0 Å². The van der Waals surface area contributed by atoms with Crippen molar-refractivity contribution >= 4 is 11.7 Å². The van der Waals surface area contributed by atoms with Crippen molar-refractivity contribution in [2.45, 2.75) is 31.8 Å². The van der Waals surface area contributed by atoms with Crippen molar-refractivity contribution in [1.29, 1.82) is 0 Å². The standard InChI is InChI=1S/C15H21NO3/c1-19-15(18)9-5-11-16-10-4-8-14(17)12-6-2-3-7-13(12)16/h2-3,6-7,14,17H,4-5,8-11H2,1H3. The number of para-hydroxylation sites is 1. The fourth-order valence-corrected chi connectivity index (χ4v) is 2.56. The molecule has 0 fully saturated rings. The minimum atomic E-state index is -0.373. The van der Waals surface area contributed by atoms with E-state index in [-0.39, 0.29) is 12.1 Å². The lowest BCUT2D eigenvalue weighted by Crippen LogP contribution is -2.25. The number of nitrogens with zero attached hydrogens (tertiary/aromatic N) is 1. The number of carbonyl (C=O) groups is 1.